The lowest BCUT2D eigenvalue weighted by molar-refractivity contribution is 0.0946. The normalized spacial score (nSPS) is 19.3. The van der Waals surface area contributed by atoms with Gasteiger partial charge in [0.25, 0.3) is 0 Å². The maximum Gasteiger partial charge on any atom is 0.410 e. The van der Waals surface area contributed by atoms with Crippen LogP contribution in [-0.4, -0.2) is 42.5 Å². The number of hydrogen-bond donors (Lipinski definition) is 1. The first kappa shape index (κ1) is 11.7. The van der Waals surface area contributed by atoms with Gasteiger partial charge < -0.3 is 14.6 Å². The molecule has 0 bridgehead atoms. The molecule has 1 aromatic carbocycles. The number of nitrogens with zero attached hydrogens (tertiary/aromatic N) is 1. The summed E-state index contributed by atoms with van der Waals surface area (Å²) < 4.78 is 10.2. The largest absolute Gasteiger partial charge is 0.496 e. The minimum absolute atomic E-state index is 0.145. The zero-order chi connectivity index (χ0) is 12.3. The minimum Gasteiger partial charge on any atom is -0.496 e. The van der Waals surface area contributed by atoms with Crippen molar-refractivity contribution in [2.24, 2.45) is 0 Å². The van der Waals surface area contributed by atoms with Gasteiger partial charge in [-0.2, -0.15) is 0 Å². The Morgan fingerprint density at radius 3 is 2.94 bits per heavy atom. The Bertz CT molecular complexity index is 407. The number of aliphatic hydroxyl groups is 1. The van der Waals surface area contributed by atoms with E-state index in [2.05, 4.69) is 0 Å². The van der Waals surface area contributed by atoms with Gasteiger partial charge in [-0.05, 0) is 6.07 Å². The van der Waals surface area contributed by atoms with Crippen LogP contribution in [0.15, 0.2) is 24.3 Å². The molecular weight excluding hydrogens is 222 g/mol. The second kappa shape index (κ2) is 5.05. The van der Waals surface area contributed by atoms with Crippen molar-refractivity contribution in [2.45, 2.75) is 12.6 Å². The van der Waals surface area contributed by atoms with Gasteiger partial charge in [0.1, 0.15) is 11.9 Å². The zero-order valence-corrected chi connectivity index (χ0v) is 9.63. The number of cyclic esters (lactones) is 1. The van der Waals surface area contributed by atoms with Crippen LogP contribution in [0.5, 0.6) is 5.75 Å². The van der Waals surface area contributed by atoms with Crippen molar-refractivity contribution in [1.29, 1.82) is 0 Å². The number of benzene rings is 1. The van der Waals surface area contributed by atoms with E-state index >= 15 is 0 Å². The summed E-state index contributed by atoms with van der Waals surface area (Å²) in [6.45, 7) is 0.695. The van der Waals surface area contributed by atoms with Crippen molar-refractivity contribution < 1.29 is 19.4 Å². The Kier molecular flexibility index (Phi) is 3.49. The van der Waals surface area contributed by atoms with Gasteiger partial charge >= 0.3 is 6.09 Å². The van der Waals surface area contributed by atoms with Gasteiger partial charge in [0.15, 0.2) is 0 Å². The first-order valence-corrected chi connectivity index (χ1v) is 5.43. The third-order valence-electron chi connectivity index (χ3n) is 2.71. The van der Waals surface area contributed by atoms with Crippen LogP contribution in [0.2, 0.25) is 0 Å². The maximum atomic E-state index is 11.5. The topological polar surface area (TPSA) is 59.0 Å². The Morgan fingerprint density at radius 2 is 2.29 bits per heavy atom. The third kappa shape index (κ3) is 2.50. The molecule has 17 heavy (non-hydrogen) atoms. The molecule has 1 aliphatic rings. The number of aliphatic hydroxyl groups excluding tert-OH is 1. The molecule has 5 heteroatoms. The molecule has 1 N–H and O–H groups in total. The molecule has 1 saturated heterocycles. The van der Waals surface area contributed by atoms with E-state index in [1.165, 1.54) is 0 Å². The first-order valence-electron chi connectivity index (χ1n) is 5.43. The van der Waals surface area contributed by atoms with E-state index in [1.807, 2.05) is 24.3 Å². The van der Waals surface area contributed by atoms with Crippen LogP contribution in [0.1, 0.15) is 5.56 Å². The number of carbonyl (C=O) groups is 1. The second-order valence-corrected chi connectivity index (χ2v) is 3.88. The Balaban J connectivity index is 2.08. The van der Waals surface area contributed by atoms with E-state index in [4.69, 9.17) is 14.6 Å². The molecule has 5 nitrogen and oxygen atoms in total. The van der Waals surface area contributed by atoms with E-state index in [1.54, 1.807) is 12.0 Å². The summed E-state index contributed by atoms with van der Waals surface area (Å²) in [5.74, 6) is 0.743. The average Bonchev–Trinajstić information content (AvgIpc) is 2.71. The van der Waals surface area contributed by atoms with Crippen LogP contribution < -0.4 is 4.74 Å². The lowest BCUT2D eigenvalue weighted by atomic mass is 10.2. The Hall–Kier alpha value is -1.75. The van der Waals surface area contributed by atoms with Gasteiger partial charge in [0.2, 0.25) is 0 Å². The first-order chi connectivity index (χ1) is 8.24. The molecule has 1 atom stereocenters. The van der Waals surface area contributed by atoms with E-state index in [0.717, 1.165) is 11.3 Å². The van der Waals surface area contributed by atoms with Gasteiger partial charge in [-0.25, -0.2) is 4.79 Å². The fourth-order valence-electron chi connectivity index (χ4n) is 1.84. The lowest BCUT2D eigenvalue weighted by Gasteiger charge is -2.15. The van der Waals surface area contributed by atoms with Crippen molar-refractivity contribution in [3.63, 3.8) is 0 Å². The van der Waals surface area contributed by atoms with Crippen LogP contribution in [0.4, 0.5) is 4.79 Å². The van der Waals surface area contributed by atoms with E-state index in [9.17, 15) is 4.79 Å². The average molecular weight is 237 g/mol. The highest BCUT2D eigenvalue weighted by Gasteiger charge is 2.30. The monoisotopic (exact) mass is 237 g/mol. The van der Waals surface area contributed by atoms with Gasteiger partial charge in [-0.1, -0.05) is 18.2 Å². The maximum absolute atomic E-state index is 11.5. The van der Waals surface area contributed by atoms with E-state index in [0.29, 0.717) is 13.1 Å². The molecule has 1 fully saturated rings. The van der Waals surface area contributed by atoms with Crippen molar-refractivity contribution in [3.05, 3.63) is 29.8 Å². The third-order valence-corrected chi connectivity index (χ3v) is 2.71. The van der Waals surface area contributed by atoms with Gasteiger partial charge in [0.05, 0.1) is 26.8 Å². The van der Waals surface area contributed by atoms with Crippen LogP contribution in [0, 0.1) is 0 Å². The van der Waals surface area contributed by atoms with E-state index < -0.39 is 12.2 Å². The summed E-state index contributed by atoms with van der Waals surface area (Å²) in [4.78, 5) is 13.1. The minimum atomic E-state index is -0.419. The van der Waals surface area contributed by atoms with Crippen molar-refractivity contribution in [3.8, 4) is 5.75 Å². The van der Waals surface area contributed by atoms with Gasteiger partial charge in [0, 0.05) is 5.56 Å². The summed E-state index contributed by atoms with van der Waals surface area (Å²) in [7, 11) is 1.59. The predicted molar refractivity (Wildman–Crippen MR) is 60.8 cm³/mol. The SMILES string of the molecule is COc1ccccc1CN1C[C@H](CO)OC1=O. The molecule has 92 valence electrons. The van der Waals surface area contributed by atoms with Gasteiger partial charge in [-0.15, -0.1) is 0 Å². The number of ether oxygens (including phenoxy) is 2. The van der Waals surface area contributed by atoms with Crippen LogP contribution >= 0.6 is 0 Å². The highest BCUT2D eigenvalue weighted by molar-refractivity contribution is 5.70. The molecule has 0 saturated carbocycles. The smallest absolute Gasteiger partial charge is 0.410 e. The number of carbonyl (C=O) groups excluding carboxylic acids is 1. The highest BCUT2D eigenvalue weighted by Crippen LogP contribution is 2.22. The molecule has 1 aromatic rings. The number of rotatable bonds is 4. The lowest BCUT2D eigenvalue weighted by Crippen LogP contribution is -2.25. The predicted octanol–water partition coefficient (Wildman–Crippen LogP) is 1.01. The molecule has 1 amide bonds. The standard InChI is InChI=1S/C12H15NO4/c1-16-11-5-3-2-4-9(11)6-13-7-10(8-14)17-12(13)15/h2-5,10,14H,6-8H2,1H3/t10-/m1/s1. The molecule has 1 heterocycles. The summed E-state index contributed by atoms with van der Waals surface area (Å²) in [6, 6.07) is 7.52. The molecule has 0 radical (unpaired) electrons. The van der Waals surface area contributed by atoms with Gasteiger partial charge in [-0.3, -0.25) is 4.90 Å². The molecule has 2 rings (SSSR count). The van der Waals surface area contributed by atoms with Crippen molar-refractivity contribution in [2.75, 3.05) is 20.3 Å². The fraction of sp³-hybridized carbons (Fsp3) is 0.417. The number of para-hydroxylation sites is 1. The Labute approximate surface area is 99.6 Å². The summed E-state index contributed by atoms with van der Waals surface area (Å²) >= 11 is 0. The molecular formula is C12H15NO4. The molecule has 0 unspecified atom stereocenters. The zero-order valence-electron chi connectivity index (χ0n) is 9.63. The summed E-state index contributed by atoms with van der Waals surface area (Å²) in [5, 5.41) is 8.94. The number of hydrogen-bond acceptors (Lipinski definition) is 4. The van der Waals surface area contributed by atoms with Crippen molar-refractivity contribution >= 4 is 6.09 Å². The quantitative estimate of drug-likeness (QED) is 0.849. The summed E-state index contributed by atoms with van der Waals surface area (Å²) in [5.41, 5.74) is 0.922. The molecule has 0 aromatic heterocycles. The molecule has 0 aliphatic carbocycles. The molecule has 1 aliphatic heterocycles. The van der Waals surface area contributed by atoms with Crippen LogP contribution in [-0.2, 0) is 11.3 Å². The van der Waals surface area contributed by atoms with Crippen LogP contribution in [0.25, 0.3) is 0 Å². The number of amides is 1. The van der Waals surface area contributed by atoms with Crippen LogP contribution in [0.3, 0.4) is 0 Å². The van der Waals surface area contributed by atoms with E-state index in [-0.39, 0.29) is 6.61 Å². The van der Waals surface area contributed by atoms with Crippen molar-refractivity contribution in [1.82, 2.24) is 4.90 Å². The summed E-state index contributed by atoms with van der Waals surface area (Å²) in [6.07, 6.45) is -0.813. The molecule has 0 spiro atoms. The fourth-order valence-corrected chi connectivity index (χ4v) is 1.84. The number of methoxy groups -OCH3 is 1. The second-order valence-electron chi connectivity index (χ2n) is 3.88. The Morgan fingerprint density at radius 1 is 1.53 bits per heavy atom. The highest BCUT2D eigenvalue weighted by atomic mass is 16.6.